The molecule has 0 saturated carbocycles. The standard InChI is InChI=1S/4Na.H4O7P2.4H2O/c;;;;1-8(2,3)7-9(4,5)6;;;;/h;;;;(H2,1,2,3)(H2,4,5,6);4*1H2/q4*+1;;;;;/p-4. The van der Waals surface area contributed by atoms with Gasteiger partial charge in [-0.1, -0.05) is 0 Å². The molecule has 0 aromatic carbocycles. The van der Waals surface area contributed by atoms with Gasteiger partial charge in [0.1, 0.15) is 0 Å². The van der Waals surface area contributed by atoms with Gasteiger partial charge in [-0.2, -0.15) is 0 Å². The van der Waals surface area contributed by atoms with Crippen molar-refractivity contribution in [3.05, 3.63) is 0 Å². The van der Waals surface area contributed by atoms with E-state index in [0.29, 0.717) is 0 Å². The second kappa shape index (κ2) is 25.1. The Labute approximate surface area is 185 Å². The smallest absolute Gasteiger partial charge is 0.790 e. The zero-order chi connectivity index (χ0) is 7.71. The third-order valence-electron chi connectivity index (χ3n) is 0.200. The van der Waals surface area contributed by atoms with Crippen LogP contribution < -0.4 is 138 Å². The van der Waals surface area contributed by atoms with Gasteiger partial charge in [-0.3, -0.25) is 0 Å². The monoisotopic (exact) mass is 338 g/mol. The van der Waals surface area contributed by atoms with E-state index in [-0.39, 0.29) is 140 Å². The van der Waals surface area contributed by atoms with Crippen LogP contribution in [0, 0.1) is 0 Å². The predicted octanol–water partition coefficient (Wildman–Crippen LogP) is -18.6. The maximum absolute atomic E-state index is 9.32. The second-order valence-electron chi connectivity index (χ2n) is 0.976. The van der Waals surface area contributed by atoms with Crippen LogP contribution >= 0.6 is 15.6 Å². The Morgan fingerprint density at radius 1 is 0.588 bits per heavy atom. The molecule has 0 bridgehead atoms. The molecule has 0 rings (SSSR count). The predicted molar refractivity (Wildman–Crippen MR) is 30.8 cm³/mol. The second-order valence-corrected chi connectivity index (χ2v) is 3.42. The molecule has 0 amide bonds. The Morgan fingerprint density at radius 3 is 0.706 bits per heavy atom. The van der Waals surface area contributed by atoms with Crippen LogP contribution in [0.15, 0.2) is 0 Å². The molecule has 0 heterocycles. The topological polar surface area (TPSA) is 262 Å². The first kappa shape index (κ1) is 58.2. The van der Waals surface area contributed by atoms with Crippen LogP contribution in [-0.2, 0) is 13.4 Å². The molecule has 0 aliphatic rings. The maximum atomic E-state index is 9.32. The SMILES string of the molecule is O.O.O.O.O=P([O-])([O-])OP(=O)([O-])[O-].[Na+].[Na+].[Na+].[Na+]. The molecule has 0 atom stereocenters. The molecule has 0 saturated heterocycles. The van der Waals surface area contributed by atoms with Gasteiger partial charge in [0.25, 0.3) is 0 Å². The summed E-state index contributed by atoms with van der Waals surface area (Å²) in [6.07, 6.45) is 0. The molecule has 88 valence electrons. The molecular weight excluding hydrogens is 330 g/mol. The van der Waals surface area contributed by atoms with Gasteiger partial charge >= 0.3 is 118 Å². The van der Waals surface area contributed by atoms with Crippen molar-refractivity contribution in [2.24, 2.45) is 0 Å². The summed E-state index contributed by atoms with van der Waals surface area (Å²) in [7, 11) is -11.4. The molecule has 17 heavy (non-hydrogen) atoms. The van der Waals surface area contributed by atoms with Crippen molar-refractivity contribution in [3.8, 4) is 0 Å². The molecule has 0 spiro atoms. The first-order valence-corrected chi connectivity index (χ1v) is 4.38. The third kappa shape index (κ3) is 64.6. The molecule has 0 aromatic rings. The van der Waals surface area contributed by atoms with Crippen molar-refractivity contribution in [2.75, 3.05) is 0 Å². The summed E-state index contributed by atoms with van der Waals surface area (Å²) in [6.45, 7) is 0. The number of rotatable bonds is 2. The van der Waals surface area contributed by atoms with E-state index in [0.717, 1.165) is 0 Å². The summed E-state index contributed by atoms with van der Waals surface area (Å²) in [5.41, 5.74) is 0. The zero-order valence-corrected chi connectivity index (χ0v) is 19.5. The van der Waals surface area contributed by atoms with Crippen LogP contribution in [0.1, 0.15) is 0 Å². The summed E-state index contributed by atoms with van der Waals surface area (Å²) in [5, 5.41) is 0. The van der Waals surface area contributed by atoms with Gasteiger partial charge in [-0.15, -0.1) is 0 Å². The minimum absolute atomic E-state index is 0. The fourth-order valence-electron chi connectivity index (χ4n) is 0.122. The molecule has 0 fully saturated rings. The molecular formula is H8Na4O11P2. The van der Waals surface area contributed by atoms with Crippen molar-refractivity contribution in [2.45, 2.75) is 0 Å². The molecule has 17 heteroatoms. The van der Waals surface area contributed by atoms with Crippen LogP contribution in [0.5, 0.6) is 0 Å². The van der Waals surface area contributed by atoms with E-state index in [4.69, 9.17) is 0 Å². The molecule has 0 aliphatic heterocycles. The van der Waals surface area contributed by atoms with Crippen LogP contribution in [0.2, 0.25) is 0 Å². The van der Waals surface area contributed by atoms with Crippen molar-refractivity contribution in [3.63, 3.8) is 0 Å². The Kier molecular flexibility index (Phi) is 85.9. The zero-order valence-electron chi connectivity index (χ0n) is 9.75. The molecule has 0 aliphatic carbocycles. The van der Waals surface area contributed by atoms with E-state index in [1.807, 2.05) is 0 Å². The van der Waals surface area contributed by atoms with E-state index in [9.17, 15) is 28.7 Å². The van der Waals surface area contributed by atoms with E-state index < -0.39 is 15.6 Å². The quantitative estimate of drug-likeness (QED) is 0.346. The van der Waals surface area contributed by atoms with E-state index in [2.05, 4.69) is 4.31 Å². The average molecular weight is 338 g/mol. The van der Waals surface area contributed by atoms with Gasteiger partial charge in [0, 0.05) is 0 Å². The van der Waals surface area contributed by atoms with Gasteiger partial charge < -0.3 is 54.9 Å². The minimum Gasteiger partial charge on any atom is -0.790 e. The van der Waals surface area contributed by atoms with Crippen LogP contribution in [-0.4, -0.2) is 21.9 Å². The van der Waals surface area contributed by atoms with Crippen molar-refractivity contribution in [1.29, 1.82) is 0 Å². The van der Waals surface area contributed by atoms with Gasteiger partial charge in [-0.25, -0.2) is 0 Å². The Balaban J connectivity index is -0.0000000114. The average Bonchev–Trinajstić information content (AvgIpc) is 1.14. The first-order valence-electron chi connectivity index (χ1n) is 1.46. The molecule has 0 aromatic heterocycles. The summed E-state index contributed by atoms with van der Waals surface area (Å²) in [5.74, 6) is 0. The fraction of sp³-hybridized carbons (Fsp3) is 0. The Bertz CT molecular complexity index is 162. The van der Waals surface area contributed by atoms with Gasteiger partial charge in [0.05, 0.1) is 15.6 Å². The molecule has 0 unspecified atom stereocenters. The van der Waals surface area contributed by atoms with E-state index >= 15 is 0 Å². The molecule has 0 radical (unpaired) electrons. The third-order valence-corrected chi connectivity index (χ3v) is 1.80. The first-order chi connectivity index (χ1) is 3.71. The Hall–Kier alpha value is 4.10. The summed E-state index contributed by atoms with van der Waals surface area (Å²) < 4.78 is 21.2. The summed E-state index contributed by atoms with van der Waals surface area (Å²) in [4.78, 5) is 37.3. The normalized spacial score (nSPS) is 7.29. The van der Waals surface area contributed by atoms with E-state index in [1.165, 1.54) is 0 Å². The van der Waals surface area contributed by atoms with Crippen LogP contribution in [0.3, 0.4) is 0 Å². The van der Waals surface area contributed by atoms with Crippen molar-refractivity contribution in [1.82, 2.24) is 0 Å². The summed E-state index contributed by atoms with van der Waals surface area (Å²) in [6, 6.07) is 0. The van der Waals surface area contributed by atoms with E-state index in [1.54, 1.807) is 0 Å². The number of hydrogen-bond acceptors (Lipinski definition) is 7. The van der Waals surface area contributed by atoms with Gasteiger partial charge in [0.2, 0.25) is 0 Å². The van der Waals surface area contributed by atoms with Gasteiger partial charge in [-0.05, 0) is 0 Å². The number of hydrogen-bond donors (Lipinski definition) is 0. The maximum Gasteiger partial charge on any atom is 1.00 e. The van der Waals surface area contributed by atoms with Crippen molar-refractivity contribution < 1.29 is 173 Å². The van der Waals surface area contributed by atoms with Crippen LogP contribution in [0.4, 0.5) is 0 Å². The molecule has 8 N–H and O–H groups in total. The summed E-state index contributed by atoms with van der Waals surface area (Å²) >= 11 is 0. The fourth-order valence-corrected chi connectivity index (χ4v) is 1.10. The van der Waals surface area contributed by atoms with Crippen LogP contribution in [0.25, 0.3) is 0 Å². The van der Waals surface area contributed by atoms with Gasteiger partial charge in [0.15, 0.2) is 0 Å². The molecule has 11 nitrogen and oxygen atoms in total. The largest absolute Gasteiger partial charge is 1.00 e. The Morgan fingerprint density at radius 2 is 0.706 bits per heavy atom. The minimum atomic E-state index is -5.68. The number of phosphoric acid groups is 2. The van der Waals surface area contributed by atoms with Crippen molar-refractivity contribution >= 4 is 15.6 Å².